The van der Waals surface area contributed by atoms with Crippen molar-refractivity contribution in [3.63, 3.8) is 0 Å². The maximum Gasteiger partial charge on any atom is 0.0763 e. The normalized spacial score (nSPS) is 12.8. The second-order valence-corrected chi connectivity index (χ2v) is 6.72. The third kappa shape index (κ3) is 2.65. The Bertz CT molecular complexity index is 510. The fourth-order valence-corrected chi connectivity index (χ4v) is 4.85. The van der Waals surface area contributed by atoms with Gasteiger partial charge < -0.3 is 0 Å². The van der Waals surface area contributed by atoms with E-state index in [2.05, 4.69) is 31.9 Å². The first-order chi connectivity index (χ1) is 7.59. The molecule has 1 unspecified atom stereocenters. The summed E-state index contributed by atoms with van der Waals surface area (Å²) in [5.74, 6) is 0. The second kappa shape index (κ2) is 5.40. The molecule has 0 aliphatic heterocycles. The van der Waals surface area contributed by atoms with E-state index >= 15 is 0 Å². The summed E-state index contributed by atoms with van der Waals surface area (Å²) in [4.78, 5) is 1.29. The molecule has 0 saturated carbocycles. The average molecular weight is 401 g/mol. The van der Waals surface area contributed by atoms with Crippen LogP contribution in [0.4, 0.5) is 0 Å². The number of rotatable bonds is 2. The molecule has 0 spiro atoms. The van der Waals surface area contributed by atoms with E-state index < -0.39 is 0 Å². The Morgan fingerprint density at radius 2 is 1.94 bits per heavy atom. The molecule has 0 nitrogen and oxygen atoms in total. The summed E-state index contributed by atoms with van der Waals surface area (Å²) in [6.45, 7) is 0. The first kappa shape index (κ1) is 12.9. The van der Waals surface area contributed by atoms with Gasteiger partial charge in [0, 0.05) is 19.4 Å². The SMILES string of the molecule is Clc1ccc(C(Br)c2sccc2Br)c(Cl)c1. The molecule has 0 amide bonds. The van der Waals surface area contributed by atoms with Crippen molar-refractivity contribution in [2.75, 3.05) is 0 Å². The van der Waals surface area contributed by atoms with Crippen LogP contribution in [0.2, 0.25) is 10.0 Å². The van der Waals surface area contributed by atoms with Crippen LogP contribution in [0.15, 0.2) is 34.1 Å². The summed E-state index contributed by atoms with van der Waals surface area (Å²) >= 11 is 20.9. The van der Waals surface area contributed by atoms with Crippen molar-refractivity contribution in [3.05, 3.63) is 54.6 Å². The van der Waals surface area contributed by atoms with Gasteiger partial charge >= 0.3 is 0 Å². The first-order valence-corrected chi connectivity index (χ1v) is 7.76. The Balaban J connectivity index is 2.41. The lowest BCUT2D eigenvalue weighted by atomic mass is 10.1. The Morgan fingerprint density at radius 3 is 2.50 bits per heavy atom. The van der Waals surface area contributed by atoms with Crippen LogP contribution in [0.3, 0.4) is 0 Å². The summed E-state index contributed by atoms with van der Waals surface area (Å²) in [5, 5.41) is 3.37. The number of halogens is 4. The molecule has 2 aromatic rings. The molecule has 0 fully saturated rings. The monoisotopic (exact) mass is 398 g/mol. The molecular formula is C11H6Br2Cl2S. The van der Waals surface area contributed by atoms with Crippen LogP contribution in [0.5, 0.6) is 0 Å². The molecule has 2 rings (SSSR count). The van der Waals surface area contributed by atoms with Gasteiger partial charge in [-0.2, -0.15) is 0 Å². The van der Waals surface area contributed by atoms with Crippen molar-refractivity contribution in [2.45, 2.75) is 4.83 Å². The predicted octanol–water partition coefficient (Wildman–Crippen LogP) is 6.30. The van der Waals surface area contributed by atoms with Crippen molar-refractivity contribution >= 4 is 66.4 Å². The van der Waals surface area contributed by atoms with Crippen LogP contribution in [-0.2, 0) is 0 Å². The van der Waals surface area contributed by atoms with Gasteiger partial charge in [0.15, 0.2) is 0 Å². The van der Waals surface area contributed by atoms with Gasteiger partial charge in [-0.15, -0.1) is 11.3 Å². The second-order valence-electron chi connectivity index (χ2n) is 3.16. The number of benzene rings is 1. The van der Waals surface area contributed by atoms with Crippen molar-refractivity contribution in [3.8, 4) is 0 Å². The van der Waals surface area contributed by atoms with Gasteiger partial charge in [-0.25, -0.2) is 0 Å². The molecule has 0 bridgehead atoms. The van der Waals surface area contributed by atoms with Crippen LogP contribution in [0.25, 0.3) is 0 Å². The lowest BCUT2D eigenvalue weighted by Crippen LogP contribution is -1.91. The van der Waals surface area contributed by atoms with Crippen LogP contribution < -0.4 is 0 Å². The van der Waals surface area contributed by atoms with E-state index in [4.69, 9.17) is 23.2 Å². The molecule has 5 heteroatoms. The van der Waals surface area contributed by atoms with Crippen LogP contribution >= 0.6 is 66.4 Å². The van der Waals surface area contributed by atoms with Gasteiger partial charge in [0.05, 0.1) is 4.83 Å². The fourth-order valence-electron chi connectivity index (χ4n) is 1.33. The molecule has 84 valence electrons. The summed E-state index contributed by atoms with van der Waals surface area (Å²) in [7, 11) is 0. The van der Waals surface area contributed by atoms with E-state index in [0.717, 1.165) is 10.0 Å². The average Bonchev–Trinajstić information content (AvgIpc) is 2.63. The highest BCUT2D eigenvalue weighted by atomic mass is 79.9. The number of alkyl halides is 1. The van der Waals surface area contributed by atoms with Gasteiger partial charge in [0.2, 0.25) is 0 Å². The molecule has 0 N–H and O–H groups in total. The van der Waals surface area contributed by atoms with Crippen LogP contribution in [0.1, 0.15) is 15.3 Å². The van der Waals surface area contributed by atoms with Gasteiger partial charge in [-0.05, 0) is 45.1 Å². The molecular weight excluding hydrogens is 395 g/mol. The summed E-state index contributed by atoms with van der Waals surface area (Å²) in [6, 6.07) is 7.57. The molecule has 1 atom stereocenters. The van der Waals surface area contributed by atoms with E-state index in [-0.39, 0.29) is 4.83 Å². The Labute approximate surface area is 125 Å². The topological polar surface area (TPSA) is 0 Å². The zero-order valence-corrected chi connectivity index (χ0v) is 13.4. The van der Waals surface area contributed by atoms with Gasteiger partial charge in [0.25, 0.3) is 0 Å². The zero-order chi connectivity index (χ0) is 11.7. The molecule has 0 radical (unpaired) electrons. The van der Waals surface area contributed by atoms with E-state index in [1.165, 1.54) is 4.88 Å². The lowest BCUT2D eigenvalue weighted by Gasteiger charge is -2.11. The maximum atomic E-state index is 6.17. The highest BCUT2D eigenvalue weighted by Gasteiger charge is 2.17. The highest BCUT2D eigenvalue weighted by molar-refractivity contribution is 9.11. The number of thiophene rings is 1. The van der Waals surface area contributed by atoms with E-state index in [0.29, 0.717) is 10.0 Å². The first-order valence-electron chi connectivity index (χ1n) is 4.41. The molecule has 16 heavy (non-hydrogen) atoms. The predicted molar refractivity (Wildman–Crippen MR) is 79.3 cm³/mol. The molecule has 0 aliphatic rings. The minimum atomic E-state index is 0.0895. The summed E-state index contributed by atoms with van der Waals surface area (Å²) in [6.07, 6.45) is 0. The zero-order valence-electron chi connectivity index (χ0n) is 7.88. The van der Waals surface area contributed by atoms with Crippen molar-refractivity contribution in [1.29, 1.82) is 0 Å². The van der Waals surface area contributed by atoms with Gasteiger partial charge in [0.1, 0.15) is 0 Å². The lowest BCUT2D eigenvalue weighted by molar-refractivity contribution is 1.21. The number of hydrogen-bond acceptors (Lipinski definition) is 1. The smallest absolute Gasteiger partial charge is 0.0763 e. The largest absolute Gasteiger partial charge is 0.146 e. The standard InChI is InChI=1S/C11H6Br2Cl2S/c12-8-3-4-16-11(8)10(13)7-2-1-6(14)5-9(7)15/h1-5,10H. The minimum Gasteiger partial charge on any atom is -0.146 e. The van der Waals surface area contributed by atoms with Crippen LogP contribution in [0, 0.1) is 0 Å². The van der Waals surface area contributed by atoms with Gasteiger partial charge in [-0.3, -0.25) is 0 Å². The van der Waals surface area contributed by atoms with E-state index in [1.807, 2.05) is 23.6 Å². The van der Waals surface area contributed by atoms with Crippen molar-refractivity contribution < 1.29 is 0 Å². The fraction of sp³-hybridized carbons (Fsp3) is 0.0909. The minimum absolute atomic E-state index is 0.0895. The third-order valence-electron chi connectivity index (χ3n) is 2.11. The number of hydrogen-bond donors (Lipinski definition) is 0. The molecule has 1 aromatic carbocycles. The van der Waals surface area contributed by atoms with Crippen molar-refractivity contribution in [1.82, 2.24) is 0 Å². The Kier molecular flexibility index (Phi) is 4.36. The van der Waals surface area contributed by atoms with Crippen LogP contribution in [-0.4, -0.2) is 0 Å². The summed E-state index contributed by atoms with van der Waals surface area (Å²) in [5.41, 5.74) is 1.02. The quantitative estimate of drug-likeness (QED) is 0.519. The third-order valence-corrected chi connectivity index (χ3v) is 5.86. The van der Waals surface area contributed by atoms with E-state index in [9.17, 15) is 0 Å². The molecule has 1 heterocycles. The van der Waals surface area contributed by atoms with Crippen molar-refractivity contribution in [2.24, 2.45) is 0 Å². The van der Waals surface area contributed by atoms with Gasteiger partial charge in [-0.1, -0.05) is 45.2 Å². The van der Waals surface area contributed by atoms with E-state index in [1.54, 1.807) is 17.4 Å². The summed E-state index contributed by atoms with van der Waals surface area (Å²) < 4.78 is 1.09. The Morgan fingerprint density at radius 1 is 1.19 bits per heavy atom. The molecule has 0 aliphatic carbocycles. The molecule has 1 aromatic heterocycles. The highest BCUT2D eigenvalue weighted by Crippen LogP contribution is 2.41. The molecule has 0 saturated heterocycles. The maximum absolute atomic E-state index is 6.17. The Hall–Kier alpha value is 0.460.